The van der Waals surface area contributed by atoms with Crippen LogP contribution in [0.15, 0.2) is 6.20 Å². The van der Waals surface area contributed by atoms with Crippen LogP contribution in [0.4, 0.5) is 0 Å². The van der Waals surface area contributed by atoms with Gasteiger partial charge in [0.1, 0.15) is 0 Å². The quantitative estimate of drug-likeness (QED) is 0.712. The molecule has 0 bridgehead atoms. The van der Waals surface area contributed by atoms with Crippen molar-refractivity contribution < 1.29 is 4.79 Å². The molecule has 82 valence electrons. The van der Waals surface area contributed by atoms with Gasteiger partial charge < -0.3 is 5.32 Å². The van der Waals surface area contributed by atoms with E-state index in [1.165, 1.54) is 5.56 Å². The summed E-state index contributed by atoms with van der Waals surface area (Å²) < 4.78 is 0. The number of rotatable bonds is 5. The van der Waals surface area contributed by atoms with Crippen molar-refractivity contribution in [1.29, 1.82) is 0 Å². The minimum absolute atomic E-state index is 0.235. The molecule has 15 heavy (non-hydrogen) atoms. The van der Waals surface area contributed by atoms with Crippen LogP contribution in [-0.2, 0) is 11.2 Å². The maximum atomic E-state index is 11.3. The Bertz CT molecular complexity index is 341. The molecular weight excluding hydrogens is 190 g/mol. The fourth-order valence-electron chi connectivity index (χ4n) is 1.61. The summed E-state index contributed by atoms with van der Waals surface area (Å²) in [7, 11) is 0. The lowest BCUT2D eigenvalue weighted by Gasteiger charge is -2.03. The Morgan fingerprint density at radius 3 is 3.07 bits per heavy atom. The highest BCUT2D eigenvalue weighted by Gasteiger charge is 2.28. The molecular formula is C11H17N3O. The monoisotopic (exact) mass is 207 g/mol. The number of carbonyl (C=O) groups excluding carboxylic acids is 1. The Hall–Kier alpha value is -1.32. The summed E-state index contributed by atoms with van der Waals surface area (Å²) in [4.78, 5) is 11.3. The lowest BCUT2D eigenvalue weighted by atomic mass is 10.1. The highest BCUT2D eigenvalue weighted by Crippen LogP contribution is 2.28. The molecule has 1 aliphatic rings. The van der Waals surface area contributed by atoms with E-state index in [-0.39, 0.29) is 5.91 Å². The van der Waals surface area contributed by atoms with Crippen molar-refractivity contribution in [2.75, 3.05) is 6.54 Å². The average Bonchev–Trinajstić information content (AvgIpc) is 2.99. The number of aromatic nitrogens is 2. The molecule has 0 saturated heterocycles. The molecule has 0 aromatic carbocycles. The highest BCUT2D eigenvalue weighted by atomic mass is 16.2. The fourth-order valence-corrected chi connectivity index (χ4v) is 1.61. The molecule has 0 spiro atoms. The predicted molar refractivity (Wildman–Crippen MR) is 57.4 cm³/mol. The van der Waals surface area contributed by atoms with Crippen molar-refractivity contribution in [3.8, 4) is 0 Å². The van der Waals surface area contributed by atoms with Gasteiger partial charge in [0.15, 0.2) is 0 Å². The molecule has 0 aliphatic heterocycles. The Kier molecular flexibility index (Phi) is 3.04. The van der Waals surface area contributed by atoms with E-state index in [4.69, 9.17) is 0 Å². The van der Waals surface area contributed by atoms with Gasteiger partial charge in [0.05, 0.1) is 6.20 Å². The van der Waals surface area contributed by atoms with Gasteiger partial charge in [-0.2, -0.15) is 5.10 Å². The van der Waals surface area contributed by atoms with E-state index in [1.54, 1.807) is 0 Å². The normalized spacial score (nSPS) is 15.3. The first kappa shape index (κ1) is 10.2. The number of carbonyl (C=O) groups is 1. The number of hydrogen-bond donors (Lipinski definition) is 2. The number of nitrogens with one attached hydrogen (secondary N) is 2. The minimum Gasteiger partial charge on any atom is -0.356 e. The first-order valence-electron chi connectivity index (χ1n) is 5.54. The second-order valence-electron chi connectivity index (χ2n) is 4.19. The molecule has 1 aromatic rings. The molecule has 0 unspecified atom stereocenters. The first-order valence-corrected chi connectivity index (χ1v) is 5.54. The maximum absolute atomic E-state index is 11.3. The van der Waals surface area contributed by atoms with E-state index in [0.717, 1.165) is 37.9 Å². The SMILES string of the molecule is Cc1[nH]ncc1CCCNC(=O)C1CC1. The third-order valence-electron chi connectivity index (χ3n) is 2.80. The van der Waals surface area contributed by atoms with Crippen LogP contribution in [0.3, 0.4) is 0 Å². The second-order valence-corrected chi connectivity index (χ2v) is 4.19. The number of aryl methyl sites for hydroxylation is 2. The summed E-state index contributed by atoms with van der Waals surface area (Å²) >= 11 is 0. The molecule has 2 rings (SSSR count). The van der Waals surface area contributed by atoms with Crippen molar-refractivity contribution in [3.05, 3.63) is 17.5 Å². The predicted octanol–water partition coefficient (Wildman–Crippen LogP) is 1.18. The second kappa shape index (κ2) is 4.47. The van der Waals surface area contributed by atoms with Crippen LogP contribution in [0.1, 0.15) is 30.5 Å². The summed E-state index contributed by atoms with van der Waals surface area (Å²) in [5.41, 5.74) is 2.37. The zero-order valence-corrected chi connectivity index (χ0v) is 9.05. The zero-order valence-electron chi connectivity index (χ0n) is 9.05. The molecule has 1 heterocycles. The number of H-pyrrole nitrogens is 1. The van der Waals surface area contributed by atoms with Crippen LogP contribution in [0.25, 0.3) is 0 Å². The van der Waals surface area contributed by atoms with Crippen LogP contribution in [0.2, 0.25) is 0 Å². The van der Waals surface area contributed by atoms with E-state index in [1.807, 2.05) is 13.1 Å². The molecule has 1 amide bonds. The van der Waals surface area contributed by atoms with Crippen LogP contribution in [-0.4, -0.2) is 22.6 Å². The summed E-state index contributed by atoms with van der Waals surface area (Å²) in [5.74, 6) is 0.555. The van der Waals surface area contributed by atoms with E-state index in [9.17, 15) is 4.79 Å². The molecule has 4 heteroatoms. The van der Waals surface area contributed by atoms with Crippen LogP contribution in [0, 0.1) is 12.8 Å². The average molecular weight is 207 g/mol. The fraction of sp³-hybridized carbons (Fsp3) is 0.636. The minimum atomic E-state index is 0.235. The Morgan fingerprint density at radius 1 is 1.67 bits per heavy atom. The molecule has 2 N–H and O–H groups in total. The summed E-state index contributed by atoms with van der Waals surface area (Å²) in [5, 5.41) is 9.83. The number of amides is 1. The summed E-state index contributed by atoms with van der Waals surface area (Å²) in [6.07, 6.45) is 5.98. The molecule has 4 nitrogen and oxygen atoms in total. The van der Waals surface area contributed by atoms with E-state index >= 15 is 0 Å². The molecule has 0 atom stereocenters. The topological polar surface area (TPSA) is 57.8 Å². The van der Waals surface area contributed by atoms with Gasteiger partial charge in [0.2, 0.25) is 5.91 Å². The molecule has 1 aliphatic carbocycles. The van der Waals surface area contributed by atoms with Gasteiger partial charge in [-0.15, -0.1) is 0 Å². The smallest absolute Gasteiger partial charge is 0.223 e. The molecule has 1 fully saturated rings. The lowest BCUT2D eigenvalue weighted by molar-refractivity contribution is -0.122. The largest absolute Gasteiger partial charge is 0.356 e. The van der Waals surface area contributed by atoms with Crippen LogP contribution in [0.5, 0.6) is 0 Å². The van der Waals surface area contributed by atoms with E-state index < -0.39 is 0 Å². The van der Waals surface area contributed by atoms with Crippen LogP contribution < -0.4 is 5.32 Å². The van der Waals surface area contributed by atoms with E-state index in [2.05, 4.69) is 15.5 Å². The van der Waals surface area contributed by atoms with Gasteiger partial charge in [-0.05, 0) is 38.2 Å². The summed E-state index contributed by atoms with van der Waals surface area (Å²) in [6, 6.07) is 0. The highest BCUT2D eigenvalue weighted by molar-refractivity contribution is 5.80. The van der Waals surface area contributed by atoms with Crippen molar-refractivity contribution in [1.82, 2.24) is 15.5 Å². The van der Waals surface area contributed by atoms with Crippen molar-refractivity contribution in [2.45, 2.75) is 32.6 Å². The van der Waals surface area contributed by atoms with Gasteiger partial charge in [0, 0.05) is 18.2 Å². The number of aromatic amines is 1. The van der Waals surface area contributed by atoms with Gasteiger partial charge in [-0.3, -0.25) is 9.89 Å². The zero-order chi connectivity index (χ0) is 10.7. The third kappa shape index (κ3) is 2.81. The lowest BCUT2D eigenvalue weighted by Crippen LogP contribution is -2.26. The molecule has 0 radical (unpaired) electrons. The summed E-state index contributed by atoms with van der Waals surface area (Å²) in [6.45, 7) is 2.80. The van der Waals surface area contributed by atoms with Gasteiger partial charge in [-0.1, -0.05) is 0 Å². The standard InChI is InChI=1S/C11H17N3O/c1-8-10(7-13-14-8)3-2-6-12-11(15)9-4-5-9/h7,9H,2-6H2,1H3,(H,12,15)(H,13,14). The first-order chi connectivity index (χ1) is 7.27. The Labute approximate surface area is 89.5 Å². The van der Waals surface area contributed by atoms with Crippen LogP contribution >= 0.6 is 0 Å². The molecule has 1 aromatic heterocycles. The third-order valence-corrected chi connectivity index (χ3v) is 2.80. The maximum Gasteiger partial charge on any atom is 0.223 e. The van der Waals surface area contributed by atoms with Gasteiger partial charge in [-0.25, -0.2) is 0 Å². The van der Waals surface area contributed by atoms with Crippen molar-refractivity contribution in [3.63, 3.8) is 0 Å². The Balaban J connectivity index is 1.62. The Morgan fingerprint density at radius 2 is 2.47 bits per heavy atom. The van der Waals surface area contributed by atoms with Gasteiger partial charge in [0.25, 0.3) is 0 Å². The van der Waals surface area contributed by atoms with E-state index in [0.29, 0.717) is 5.92 Å². The van der Waals surface area contributed by atoms with Crippen molar-refractivity contribution >= 4 is 5.91 Å². The van der Waals surface area contributed by atoms with Crippen molar-refractivity contribution in [2.24, 2.45) is 5.92 Å². The number of hydrogen-bond acceptors (Lipinski definition) is 2. The van der Waals surface area contributed by atoms with Gasteiger partial charge >= 0.3 is 0 Å². The number of nitrogens with zero attached hydrogens (tertiary/aromatic N) is 1. The molecule has 1 saturated carbocycles.